The Morgan fingerprint density at radius 1 is 1.06 bits per heavy atom. The van der Waals surface area contributed by atoms with E-state index in [1.54, 1.807) is 31.4 Å². The van der Waals surface area contributed by atoms with Gasteiger partial charge < -0.3 is 20.9 Å². The number of ether oxygens (including phenoxy) is 2. The molecule has 0 amide bonds. The Hall–Kier alpha value is -2.50. The zero-order chi connectivity index (χ0) is 12.3. The van der Waals surface area contributed by atoms with E-state index in [-0.39, 0.29) is 11.8 Å². The Kier molecular flexibility index (Phi) is 2.95. The van der Waals surface area contributed by atoms with Crippen molar-refractivity contribution in [1.29, 1.82) is 0 Å². The summed E-state index contributed by atoms with van der Waals surface area (Å²) in [5.41, 5.74) is 11.0. The highest BCUT2D eigenvalue weighted by atomic mass is 16.5. The lowest BCUT2D eigenvalue weighted by Gasteiger charge is -2.07. The number of hydrogen-bond donors (Lipinski definition) is 2. The van der Waals surface area contributed by atoms with Gasteiger partial charge in [0.05, 0.1) is 13.3 Å². The van der Waals surface area contributed by atoms with Crippen molar-refractivity contribution in [1.82, 2.24) is 9.97 Å². The highest BCUT2D eigenvalue weighted by Crippen LogP contribution is 2.26. The first-order valence-corrected chi connectivity index (χ1v) is 4.89. The van der Waals surface area contributed by atoms with Crippen molar-refractivity contribution in [2.45, 2.75) is 0 Å². The SMILES string of the molecule is COc1ccc(Oc2cnc(N)nc2N)cc1. The maximum absolute atomic E-state index is 5.64. The molecule has 6 nitrogen and oxygen atoms in total. The van der Waals surface area contributed by atoms with Gasteiger partial charge in [0.2, 0.25) is 5.95 Å². The van der Waals surface area contributed by atoms with Crippen LogP contribution in [-0.4, -0.2) is 17.1 Å². The van der Waals surface area contributed by atoms with E-state index in [1.165, 1.54) is 6.20 Å². The number of rotatable bonds is 3. The van der Waals surface area contributed by atoms with Crippen LogP contribution in [0.3, 0.4) is 0 Å². The first kappa shape index (κ1) is 11.0. The summed E-state index contributed by atoms with van der Waals surface area (Å²) in [6.07, 6.45) is 1.43. The second kappa shape index (κ2) is 4.56. The molecule has 1 heterocycles. The second-order valence-corrected chi connectivity index (χ2v) is 3.26. The molecule has 0 saturated heterocycles. The molecule has 0 aliphatic heterocycles. The van der Waals surface area contributed by atoms with E-state index in [4.69, 9.17) is 20.9 Å². The zero-order valence-corrected chi connectivity index (χ0v) is 9.25. The Morgan fingerprint density at radius 2 is 1.71 bits per heavy atom. The van der Waals surface area contributed by atoms with E-state index >= 15 is 0 Å². The largest absolute Gasteiger partial charge is 0.497 e. The highest BCUT2D eigenvalue weighted by Gasteiger charge is 2.05. The van der Waals surface area contributed by atoms with Crippen LogP contribution in [-0.2, 0) is 0 Å². The van der Waals surface area contributed by atoms with E-state index in [9.17, 15) is 0 Å². The van der Waals surface area contributed by atoms with Gasteiger partial charge in [0.25, 0.3) is 0 Å². The van der Waals surface area contributed by atoms with Gasteiger partial charge >= 0.3 is 0 Å². The number of nitrogens with zero attached hydrogens (tertiary/aromatic N) is 2. The van der Waals surface area contributed by atoms with E-state index in [2.05, 4.69) is 9.97 Å². The van der Waals surface area contributed by atoms with Gasteiger partial charge in [-0.15, -0.1) is 0 Å². The minimum Gasteiger partial charge on any atom is -0.497 e. The van der Waals surface area contributed by atoms with Crippen LogP contribution in [0.1, 0.15) is 0 Å². The summed E-state index contributed by atoms with van der Waals surface area (Å²) in [7, 11) is 1.60. The lowest BCUT2D eigenvalue weighted by molar-refractivity contribution is 0.413. The molecule has 0 atom stereocenters. The number of aromatic nitrogens is 2. The normalized spacial score (nSPS) is 9.94. The minimum atomic E-state index is 0.115. The number of nitrogen functional groups attached to an aromatic ring is 2. The third-order valence-electron chi connectivity index (χ3n) is 2.09. The molecule has 2 rings (SSSR count). The molecular weight excluding hydrogens is 220 g/mol. The van der Waals surface area contributed by atoms with Crippen molar-refractivity contribution >= 4 is 11.8 Å². The van der Waals surface area contributed by atoms with Crippen molar-refractivity contribution in [3.8, 4) is 17.2 Å². The third kappa shape index (κ3) is 2.54. The van der Waals surface area contributed by atoms with E-state index in [1.807, 2.05) is 0 Å². The number of methoxy groups -OCH3 is 1. The lowest BCUT2D eigenvalue weighted by atomic mass is 10.3. The molecular formula is C11H12N4O2. The standard InChI is InChI=1S/C11H12N4O2/c1-16-7-2-4-8(5-3-7)17-9-6-14-11(13)15-10(9)12/h2-6H,1H3,(H4,12,13,14,15). The van der Waals surface area contributed by atoms with Crippen molar-refractivity contribution in [2.75, 3.05) is 18.6 Å². The summed E-state index contributed by atoms with van der Waals surface area (Å²) < 4.78 is 10.5. The number of benzene rings is 1. The lowest BCUT2D eigenvalue weighted by Crippen LogP contribution is -2.01. The van der Waals surface area contributed by atoms with Crippen molar-refractivity contribution in [3.05, 3.63) is 30.5 Å². The minimum absolute atomic E-state index is 0.115. The van der Waals surface area contributed by atoms with Crippen LogP contribution in [0.4, 0.5) is 11.8 Å². The molecule has 2 aromatic rings. The van der Waals surface area contributed by atoms with Gasteiger partial charge in [0.15, 0.2) is 11.6 Å². The molecule has 0 radical (unpaired) electrons. The van der Waals surface area contributed by atoms with Gasteiger partial charge in [-0.05, 0) is 24.3 Å². The van der Waals surface area contributed by atoms with E-state index in [0.29, 0.717) is 11.5 Å². The molecule has 0 fully saturated rings. The van der Waals surface area contributed by atoms with E-state index in [0.717, 1.165) is 5.75 Å². The zero-order valence-electron chi connectivity index (χ0n) is 9.25. The van der Waals surface area contributed by atoms with Crippen molar-refractivity contribution in [2.24, 2.45) is 0 Å². The maximum Gasteiger partial charge on any atom is 0.222 e. The summed E-state index contributed by atoms with van der Waals surface area (Å²) in [5, 5.41) is 0. The first-order chi connectivity index (χ1) is 8.19. The second-order valence-electron chi connectivity index (χ2n) is 3.26. The summed E-state index contributed by atoms with van der Waals surface area (Å²) >= 11 is 0. The van der Waals surface area contributed by atoms with Crippen molar-refractivity contribution in [3.63, 3.8) is 0 Å². The summed E-state index contributed by atoms with van der Waals surface area (Å²) in [4.78, 5) is 7.61. The molecule has 0 spiro atoms. The highest BCUT2D eigenvalue weighted by molar-refractivity contribution is 5.49. The van der Waals surface area contributed by atoms with E-state index < -0.39 is 0 Å². The number of nitrogens with two attached hydrogens (primary N) is 2. The summed E-state index contributed by atoms with van der Waals surface area (Å²) in [6, 6.07) is 7.08. The van der Waals surface area contributed by atoms with Gasteiger partial charge in [-0.3, -0.25) is 0 Å². The predicted molar refractivity (Wildman–Crippen MR) is 63.9 cm³/mol. The van der Waals surface area contributed by atoms with Crippen LogP contribution >= 0.6 is 0 Å². The molecule has 4 N–H and O–H groups in total. The summed E-state index contributed by atoms with van der Waals surface area (Å²) in [6.45, 7) is 0. The Morgan fingerprint density at radius 3 is 2.29 bits per heavy atom. The number of anilines is 2. The summed E-state index contributed by atoms with van der Waals surface area (Å²) in [5.74, 6) is 2.05. The molecule has 0 saturated carbocycles. The third-order valence-corrected chi connectivity index (χ3v) is 2.09. The molecule has 0 aliphatic rings. The van der Waals surface area contributed by atoms with Crippen LogP contribution in [0.15, 0.2) is 30.5 Å². The molecule has 17 heavy (non-hydrogen) atoms. The maximum atomic E-state index is 5.64. The molecule has 1 aromatic heterocycles. The monoisotopic (exact) mass is 232 g/mol. The Bertz CT molecular complexity index is 513. The van der Waals surface area contributed by atoms with Gasteiger partial charge in [0, 0.05) is 0 Å². The Balaban J connectivity index is 2.19. The van der Waals surface area contributed by atoms with Gasteiger partial charge in [0.1, 0.15) is 11.5 Å². The molecule has 88 valence electrons. The molecule has 6 heteroatoms. The van der Waals surface area contributed by atoms with Crippen LogP contribution in [0.25, 0.3) is 0 Å². The Labute approximate surface area is 98.2 Å². The smallest absolute Gasteiger partial charge is 0.222 e. The van der Waals surface area contributed by atoms with Crippen LogP contribution in [0.2, 0.25) is 0 Å². The van der Waals surface area contributed by atoms with Crippen LogP contribution < -0.4 is 20.9 Å². The van der Waals surface area contributed by atoms with Crippen LogP contribution in [0.5, 0.6) is 17.2 Å². The molecule has 0 aliphatic carbocycles. The quantitative estimate of drug-likeness (QED) is 0.831. The average molecular weight is 232 g/mol. The molecule has 0 unspecified atom stereocenters. The fourth-order valence-corrected chi connectivity index (χ4v) is 1.25. The number of hydrogen-bond acceptors (Lipinski definition) is 6. The molecule has 0 bridgehead atoms. The van der Waals surface area contributed by atoms with Gasteiger partial charge in [-0.2, -0.15) is 4.98 Å². The average Bonchev–Trinajstić information content (AvgIpc) is 2.34. The topological polar surface area (TPSA) is 96.3 Å². The fraction of sp³-hybridized carbons (Fsp3) is 0.0909. The fourth-order valence-electron chi connectivity index (χ4n) is 1.25. The first-order valence-electron chi connectivity index (χ1n) is 4.89. The van der Waals surface area contributed by atoms with Gasteiger partial charge in [-0.1, -0.05) is 0 Å². The van der Waals surface area contributed by atoms with Crippen molar-refractivity contribution < 1.29 is 9.47 Å². The van der Waals surface area contributed by atoms with Gasteiger partial charge in [-0.25, -0.2) is 4.98 Å². The predicted octanol–water partition coefficient (Wildman–Crippen LogP) is 1.44. The molecule has 1 aromatic carbocycles. The van der Waals surface area contributed by atoms with Crippen LogP contribution in [0, 0.1) is 0 Å².